The largest absolute Gasteiger partial charge is 0.299 e. The molecule has 0 amide bonds. The van der Waals surface area contributed by atoms with Crippen molar-refractivity contribution < 1.29 is 4.39 Å². The Hall–Kier alpha value is -0.410. The Labute approximate surface area is 111 Å². The highest BCUT2D eigenvalue weighted by Crippen LogP contribution is 2.23. The fourth-order valence-electron chi connectivity index (χ4n) is 2.32. The van der Waals surface area contributed by atoms with Gasteiger partial charge in [-0.25, -0.2) is 4.39 Å². The van der Waals surface area contributed by atoms with Crippen molar-refractivity contribution in [3.8, 4) is 0 Å². The van der Waals surface area contributed by atoms with Crippen molar-refractivity contribution in [2.75, 3.05) is 13.1 Å². The Balaban J connectivity index is 2.06. The highest BCUT2D eigenvalue weighted by atomic mass is 79.9. The molecule has 17 heavy (non-hydrogen) atoms. The molecule has 0 aromatic heterocycles. The molecule has 1 aromatic carbocycles. The number of likely N-dealkylation sites (tertiary alicyclic amines) is 1. The van der Waals surface area contributed by atoms with E-state index in [1.54, 1.807) is 6.07 Å². The van der Waals surface area contributed by atoms with Crippen LogP contribution in [0.1, 0.15) is 30.9 Å². The maximum atomic E-state index is 13.5. The van der Waals surface area contributed by atoms with Gasteiger partial charge in [0.15, 0.2) is 0 Å². The lowest BCUT2D eigenvalue weighted by atomic mass is 9.98. The molecule has 1 aromatic rings. The predicted octanol–water partition coefficient (Wildman–Crippen LogP) is 4.13. The summed E-state index contributed by atoms with van der Waals surface area (Å²) >= 11 is 3.22. The standard InChI is InChI=1S/C14H19BrFN/c1-10-3-5-17(6-4-10)9-12-8-14(16)13(15)7-11(12)2/h7-8,10H,3-6,9H2,1-2H3. The molecule has 0 unspecified atom stereocenters. The van der Waals surface area contributed by atoms with Crippen molar-refractivity contribution >= 4 is 15.9 Å². The molecule has 1 fully saturated rings. The van der Waals surface area contributed by atoms with Gasteiger partial charge in [0.2, 0.25) is 0 Å². The van der Waals surface area contributed by atoms with E-state index in [4.69, 9.17) is 0 Å². The molecule has 0 atom stereocenters. The van der Waals surface area contributed by atoms with Crippen LogP contribution in [-0.2, 0) is 6.54 Å². The number of benzene rings is 1. The van der Waals surface area contributed by atoms with Crippen molar-refractivity contribution in [2.24, 2.45) is 5.92 Å². The summed E-state index contributed by atoms with van der Waals surface area (Å²) < 4.78 is 14.1. The van der Waals surface area contributed by atoms with E-state index >= 15 is 0 Å². The molecule has 1 aliphatic rings. The van der Waals surface area contributed by atoms with Crippen LogP contribution in [0.5, 0.6) is 0 Å². The van der Waals surface area contributed by atoms with Gasteiger partial charge < -0.3 is 0 Å². The minimum atomic E-state index is -0.157. The normalized spacial score (nSPS) is 18.6. The molecule has 3 heteroatoms. The van der Waals surface area contributed by atoms with Gasteiger partial charge in [-0.15, -0.1) is 0 Å². The van der Waals surface area contributed by atoms with Crippen LogP contribution in [0.4, 0.5) is 4.39 Å². The summed E-state index contributed by atoms with van der Waals surface area (Å²) in [5.74, 6) is 0.685. The van der Waals surface area contributed by atoms with Gasteiger partial charge in [-0.05, 0) is 78.0 Å². The van der Waals surface area contributed by atoms with E-state index < -0.39 is 0 Å². The smallest absolute Gasteiger partial charge is 0.137 e. The predicted molar refractivity (Wildman–Crippen MR) is 72.5 cm³/mol. The summed E-state index contributed by atoms with van der Waals surface area (Å²) in [6, 6.07) is 3.54. The van der Waals surface area contributed by atoms with Crippen LogP contribution in [0.3, 0.4) is 0 Å². The van der Waals surface area contributed by atoms with Gasteiger partial charge in [-0.2, -0.15) is 0 Å². The fraction of sp³-hybridized carbons (Fsp3) is 0.571. The van der Waals surface area contributed by atoms with E-state index in [2.05, 4.69) is 27.8 Å². The third kappa shape index (κ3) is 3.29. The van der Waals surface area contributed by atoms with Crippen LogP contribution < -0.4 is 0 Å². The Morgan fingerprint density at radius 1 is 1.35 bits per heavy atom. The Morgan fingerprint density at radius 2 is 2.00 bits per heavy atom. The Kier molecular flexibility index (Phi) is 4.21. The second kappa shape index (κ2) is 5.49. The zero-order valence-electron chi connectivity index (χ0n) is 10.5. The van der Waals surface area contributed by atoms with Crippen molar-refractivity contribution in [3.05, 3.63) is 33.5 Å². The lowest BCUT2D eigenvalue weighted by Gasteiger charge is -2.30. The van der Waals surface area contributed by atoms with Crippen LogP contribution in [0.15, 0.2) is 16.6 Å². The van der Waals surface area contributed by atoms with Crippen molar-refractivity contribution in [2.45, 2.75) is 33.2 Å². The molecule has 2 rings (SSSR count). The molecule has 1 saturated heterocycles. The summed E-state index contributed by atoms with van der Waals surface area (Å²) in [7, 11) is 0. The first-order valence-corrected chi connectivity index (χ1v) is 7.02. The van der Waals surface area contributed by atoms with Gasteiger partial charge in [0.25, 0.3) is 0 Å². The first-order valence-electron chi connectivity index (χ1n) is 6.23. The number of hydrogen-bond donors (Lipinski definition) is 0. The van der Waals surface area contributed by atoms with Crippen molar-refractivity contribution in [3.63, 3.8) is 0 Å². The number of hydrogen-bond acceptors (Lipinski definition) is 1. The first-order chi connectivity index (χ1) is 8.06. The summed E-state index contributed by atoms with van der Waals surface area (Å²) in [6.07, 6.45) is 2.52. The lowest BCUT2D eigenvalue weighted by molar-refractivity contribution is 0.185. The quantitative estimate of drug-likeness (QED) is 0.794. The number of aryl methyl sites for hydroxylation is 1. The van der Waals surface area contributed by atoms with Gasteiger partial charge in [0, 0.05) is 6.54 Å². The molecule has 94 valence electrons. The summed E-state index contributed by atoms with van der Waals surface area (Å²) in [5.41, 5.74) is 2.28. The summed E-state index contributed by atoms with van der Waals surface area (Å²) in [6.45, 7) is 7.51. The average Bonchev–Trinajstić information content (AvgIpc) is 2.29. The van der Waals surface area contributed by atoms with E-state index in [-0.39, 0.29) is 5.82 Å². The second-order valence-corrected chi connectivity index (χ2v) is 6.01. The highest BCUT2D eigenvalue weighted by molar-refractivity contribution is 9.10. The third-order valence-electron chi connectivity index (χ3n) is 3.65. The highest BCUT2D eigenvalue weighted by Gasteiger charge is 2.16. The molecule has 1 heterocycles. The van der Waals surface area contributed by atoms with E-state index in [9.17, 15) is 4.39 Å². The van der Waals surface area contributed by atoms with Gasteiger partial charge in [0.05, 0.1) is 4.47 Å². The molecule has 0 bridgehead atoms. The molecule has 0 radical (unpaired) electrons. The average molecular weight is 300 g/mol. The minimum Gasteiger partial charge on any atom is -0.299 e. The van der Waals surface area contributed by atoms with Crippen molar-refractivity contribution in [1.82, 2.24) is 4.90 Å². The van der Waals surface area contributed by atoms with Gasteiger partial charge >= 0.3 is 0 Å². The zero-order valence-corrected chi connectivity index (χ0v) is 12.1. The van der Waals surface area contributed by atoms with Crippen LogP contribution in [0, 0.1) is 18.7 Å². The van der Waals surface area contributed by atoms with E-state index in [1.165, 1.54) is 12.8 Å². The molecule has 0 N–H and O–H groups in total. The second-order valence-electron chi connectivity index (χ2n) is 5.15. The van der Waals surface area contributed by atoms with Crippen LogP contribution in [0.2, 0.25) is 0 Å². The Bertz CT molecular complexity index is 397. The van der Waals surface area contributed by atoms with Crippen LogP contribution >= 0.6 is 15.9 Å². The maximum absolute atomic E-state index is 13.5. The molecule has 0 aliphatic carbocycles. The van der Waals surface area contributed by atoms with Gasteiger partial charge in [-0.1, -0.05) is 6.92 Å². The van der Waals surface area contributed by atoms with Crippen LogP contribution in [0.25, 0.3) is 0 Å². The topological polar surface area (TPSA) is 3.24 Å². The SMILES string of the molecule is Cc1cc(Br)c(F)cc1CN1CCC(C)CC1. The monoisotopic (exact) mass is 299 g/mol. The zero-order chi connectivity index (χ0) is 12.4. The van der Waals surface area contributed by atoms with Gasteiger partial charge in [0.1, 0.15) is 5.82 Å². The summed E-state index contributed by atoms with van der Waals surface area (Å²) in [5, 5.41) is 0. The molecule has 1 nitrogen and oxygen atoms in total. The van der Waals surface area contributed by atoms with E-state index in [0.717, 1.165) is 36.7 Å². The lowest BCUT2D eigenvalue weighted by Crippen LogP contribution is -2.32. The minimum absolute atomic E-state index is 0.157. The van der Waals surface area contributed by atoms with E-state index in [0.29, 0.717) is 4.47 Å². The Morgan fingerprint density at radius 3 is 2.65 bits per heavy atom. The number of piperidine rings is 1. The van der Waals surface area contributed by atoms with Crippen LogP contribution in [-0.4, -0.2) is 18.0 Å². The van der Waals surface area contributed by atoms with E-state index in [1.807, 2.05) is 13.0 Å². The summed E-state index contributed by atoms with van der Waals surface area (Å²) in [4.78, 5) is 2.43. The molecular weight excluding hydrogens is 281 g/mol. The third-order valence-corrected chi connectivity index (χ3v) is 4.26. The number of nitrogens with zero attached hydrogens (tertiary/aromatic N) is 1. The number of halogens is 2. The number of rotatable bonds is 2. The van der Waals surface area contributed by atoms with Gasteiger partial charge in [-0.3, -0.25) is 4.90 Å². The first kappa shape index (κ1) is 13.0. The molecule has 0 saturated carbocycles. The maximum Gasteiger partial charge on any atom is 0.137 e. The molecular formula is C14H19BrFN. The molecule has 0 spiro atoms. The van der Waals surface area contributed by atoms with Crippen molar-refractivity contribution in [1.29, 1.82) is 0 Å². The molecule has 1 aliphatic heterocycles. The fourth-order valence-corrected chi connectivity index (χ4v) is 2.78.